The first-order valence-electron chi connectivity index (χ1n) is 20.6. The van der Waals surface area contributed by atoms with Crippen molar-refractivity contribution in [3.05, 3.63) is 144 Å². The zero-order chi connectivity index (χ0) is 43.4. The Labute approximate surface area is 355 Å². The number of halogens is 1. The van der Waals surface area contributed by atoms with Crippen molar-refractivity contribution in [2.75, 3.05) is 19.0 Å². The number of aliphatic hydroxyl groups excluding tert-OH is 2. The zero-order valence-electron chi connectivity index (χ0n) is 35.3. The maximum absolute atomic E-state index is 16.2. The number of anilines is 1. The van der Waals surface area contributed by atoms with Gasteiger partial charge in [0, 0.05) is 42.3 Å². The van der Waals surface area contributed by atoms with E-state index in [1.807, 2.05) is 100 Å². The number of aromatic hydroxyl groups is 2. The van der Waals surface area contributed by atoms with Gasteiger partial charge in [0.2, 0.25) is 0 Å². The monoisotopic (exact) mass is 829 g/mol. The van der Waals surface area contributed by atoms with Crippen LogP contribution in [0.3, 0.4) is 0 Å². The van der Waals surface area contributed by atoms with E-state index in [4.69, 9.17) is 4.74 Å². The number of aliphatic hydroxyl groups is 2. The molecule has 5 aromatic carbocycles. The van der Waals surface area contributed by atoms with E-state index in [0.29, 0.717) is 43.7 Å². The molecular weight excluding hydrogens is 774 g/mol. The molecule has 0 saturated heterocycles. The minimum atomic E-state index is -1.66. The first-order chi connectivity index (χ1) is 29.2. The van der Waals surface area contributed by atoms with Gasteiger partial charge in [0.1, 0.15) is 23.1 Å². The number of fused-ring (bicyclic) bond motifs is 2. The molecule has 0 aliphatic heterocycles. The molecule has 320 valence electrons. The van der Waals surface area contributed by atoms with E-state index in [9.17, 15) is 20.4 Å². The minimum Gasteiger partial charge on any atom is -0.508 e. The van der Waals surface area contributed by atoms with Crippen molar-refractivity contribution in [1.29, 1.82) is 0 Å². The van der Waals surface area contributed by atoms with Gasteiger partial charge in [0.05, 0.1) is 71.8 Å². The standard InChI is InChI=1S/C48H56FN7O5/c1-46(2,22-24-55-30-51-38-10-6-8-12-41(38)55)53-44(36-20-17-34(58)27-37(36)49)45(60)48(29-57,54-47(3,4)23-25-56-31-52-39-11-7-9-13-42(39)56)33-16-21-43(59)40(26-33)50-28-32-14-18-35(61-5)19-15-32/h6-21,26-27,30-31,44-45,50,53-54,57-60H,22-25,28-29H2,1-5H3. The van der Waals surface area contributed by atoms with E-state index in [1.165, 1.54) is 18.2 Å². The number of hydrogen-bond acceptors (Lipinski definition) is 10. The molecule has 0 amide bonds. The fourth-order valence-corrected chi connectivity index (χ4v) is 8.15. The number of imidazole rings is 2. The van der Waals surface area contributed by atoms with Crippen LogP contribution >= 0.6 is 0 Å². The molecule has 0 radical (unpaired) electrons. The Hall–Kier alpha value is -5.99. The summed E-state index contributed by atoms with van der Waals surface area (Å²) in [4.78, 5) is 9.11. The molecule has 7 rings (SSSR count). The number of para-hydroxylation sites is 4. The fourth-order valence-electron chi connectivity index (χ4n) is 8.15. The van der Waals surface area contributed by atoms with Gasteiger partial charge in [0.25, 0.3) is 0 Å². The highest BCUT2D eigenvalue weighted by atomic mass is 19.1. The summed E-state index contributed by atoms with van der Waals surface area (Å²) in [6.45, 7) is 8.84. The Balaban J connectivity index is 1.27. The largest absolute Gasteiger partial charge is 0.508 e. The lowest BCUT2D eigenvalue weighted by molar-refractivity contribution is -0.0316. The van der Waals surface area contributed by atoms with Crippen LogP contribution in [0.4, 0.5) is 10.1 Å². The lowest BCUT2D eigenvalue weighted by Gasteiger charge is -2.48. The van der Waals surface area contributed by atoms with E-state index in [2.05, 4.69) is 35.1 Å². The average Bonchev–Trinajstić information content (AvgIpc) is 3.87. The van der Waals surface area contributed by atoms with Gasteiger partial charge in [-0.2, -0.15) is 0 Å². The van der Waals surface area contributed by atoms with Crippen LogP contribution in [0.1, 0.15) is 63.3 Å². The quantitative estimate of drug-likeness (QED) is 0.0402. The maximum atomic E-state index is 16.2. The normalized spacial score (nSPS) is 14.2. The van der Waals surface area contributed by atoms with Gasteiger partial charge < -0.3 is 44.9 Å². The van der Waals surface area contributed by atoms with Crippen molar-refractivity contribution in [3.8, 4) is 17.2 Å². The summed E-state index contributed by atoms with van der Waals surface area (Å²) in [5.74, 6) is -0.292. The second-order valence-corrected chi connectivity index (χ2v) is 17.1. The highest BCUT2D eigenvalue weighted by Crippen LogP contribution is 2.40. The Morgan fingerprint density at radius 1 is 0.754 bits per heavy atom. The Morgan fingerprint density at radius 3 is 1.95 bits per heavy atom. The van der Waals surface area contributed by atoms with Crippen LogP contribution in [0.2, 0.25) is 0 Å². The molecule has 3 atom stereocenters. The molecule has 0 spiro atoms. The lowest BCUT2D eigenvalue weighted by atomic mass is 9.76. The van der Waals surface area contributed by atoms with Crippen LogP contribution < -0.4 is 20.7 Å². The smallest absolute Gasteiger partial charge is 0.138 e. The summed E-state index contributed by atoms with van der Waals surface area (Å²) >= 11 is 0. The molecule has 7 N–H and O–H groups in total. The van der Waals surface area contributed by atoms with E-state index in [0.717, 1.165) is 39.4 Å². The first-order valence-corrected chi connectivity index (χ1v) is 20.6. The van der Waals surface area contributed by atoms with E-state index in [1.54, 1.807) is 31.9 Å². The number of rotatable bonds is 19. The Bertz CT molecular complexity index is 2570. The molecule has 0 aliphatic carbocycles. The highest BCUT2D eigenvalue weighted by Gasteiger charge is 2.48. The van der Waals surface area contributed by atoms with Crippen molar-refractivity contribution in [1.82, 2.24) is 29.7 Å². The summed E-state index contributed by atoms with van der Waals surface area (Å²) < 4.78 is 25.7. The SMILES string of the molecule is COc1ccc(CNc2cc(C(CO)(NC(C)(C)CCn3cnc4ccccc43)C(O)C(NC(C)(C)CCn3cnc4ccccc43)c3ccc(O)cc3F)ccc2O)cc1. The molecule has 7 aromatic rings. The third-order valence-corrected chi connectivity index (χ3v) is 11.7. The second kappa shape index (κ2) is 17.9. The van der Waals surface area contributed by atoms with Crippen LogP contribution in [0.25, 0.3) is 22.1 Å². The number of aromatic nitrogens is 4. The van der Waals surface area contributed by atoms with Crippen LogP contribution in [0.15, 0.2) is 122 Å². The number of ether oxygens (including phenoxy) is 1. The van der Waals surface area contributed by atoms with Gasteiger partial charge in [-0.1, -0.05) is 48.5 Å². The van der Waals surface area contributed by atoms with Gasteiger partial charge in [-0.25, -0.2) is 14.4 Å². The number of nitrogens with one attached hydrogen (secondary N) is 3. The van der Waals surface area contributed by atoms with E-state index < -0.39 is 41.2 Å². The number of phenolic OH excluding ortho intramolecular Hbond substituents is 2. The summed E-state index contributed by atoms with van der Waals surface area (Å²) in [6.07, 6.45) is 3.15. The topological polar surface area (TPSA) is 162 Å². The third-order valence-electron chi connectivity index (χ3n) is 11.7. The van der Waals surface area contributed by atoms with Gasteiger partial charge in [-0.05, 0) is 106 Å². The number of nitrogens with zero attached hydrogens (tertiary/aromatic N) is 4. The fraction of sp³-hybridized carbons (Fsp3) is 0.333. The third kappa shape index (κ3) is 9.66. The number of aryl methyl sites for hydroxylation is 2. The summed E-state index contributed by atoms with van der Waals surface area (Å²) in [5.41, 5.74) is 2.43. The van der Waals surface area contributed by atoms with Crippen molar-refractivity contribution in [3.63, 3.8) is 0 Å². The predicted octanol–water partition coefficient (Wildman–Crippen LogP) is 7.76. The van der Waals surface area contributed by atoms with Crippen molar-refractivity contribution < 1.29 is 29.6 Å². The first kappa shape index (κ1) is 43.1. The molecule has 12 nitrogen and oxygen atoms in total. The number of benzene rings is 5. The predicted molar refractivity (Wildman–Crippen MR) is 237 cm³/mol. The van der Waals surface area contributed by atoms with Crippen LogP contribution in [-0.4, -0.2) is 70.4 Å². The highest BCUT2D eigenvalue weighted by molar-refractivity contribution is 5.75. The lowest BCUT2D eigenvalue weighted by Crippen LogP contribution is -2.65. The minimum absolute atomic E-state index is 0.0303. The summed E-state index contributed by atoms with van der Waals surface area (Å²) in [5, 5.41) is 57.0. The zero-order valence-corrected chi connectivity index (χ0v) is 35.3. The van der Waals surface area contributed by atoms with Crippen molar-refractivity contribution in [2.45, 2.75) is 88.9 Å². The van der Waals surface area contributed by atoms with Crippen LogP contribution in [0.5, 0.6) is 17.2 Å². The Morgan fingerprint density at radius 2 is 1.36 bits per heavy atom. The van der Waals surface area contributed by atoms with Crippen molar-refractivity contribution >= 4 is 27.8 Å². The molecule has 0 saturated carbocycles. The second-order valence-electron chi connectivity index (χ2n) is 17.1. The number of phenols is 2. The van der Waals surface area contributed by atoms with Crippen molar-refractivity contribution in [2.24, 2.45) is 0 Å². The molecule has 2 heterocycles. The number of hydrogen-bond donors (Lipinski definition) is 7. The Kier molecular flexibility index (Phi) is 12.7. The summed E-state index contributed by atoms with van der Waals surface area (Å²) in [7, 11) is 1.61. The average molecular weight is 830 g/mol. The van der Waals surface area contributed by atoms with Gasteiger partial charge in [-0.3, -0.25) is 5.32 Å². The molecule has 13 heteroatoms. The van der Waals surface area contributed by atoms with Crippen LogP contribution in [0, 0.1) is 5.82 Å². The van der Waals surface area contributed by atoms with Gasteiger partial charge >= 0.3 is 0 Å². The molecule has 61 heavy (non-hydrogen) atoms. The van der Waals surface area contributed by atoms with Crippen LogP contribution in [-0.2, 0) is 25.2 Å². The summed E-state index contributed by atoms with van der Waals surface area (Å²) in [6, 6.07) is 31.0. The van der Waals surface area contributed by atoms with E-state index >= 15 is 4.39 Å². The van der Waals surface area contributed by atoms with Gasteiger partial charge in [-0.15, -0.1) is 0 Å². The number of methoxy groups -OCH3 is 1. The molecule has 2 aromatic heterocycles. The molecule has 0 fully saturated rings. The van der Waals surface area contributed by atoms with E-state index in [-0.39, 0.29) is 17.1 Å². The maximum Gasteiger partial charge on any atom is 0.138 e. The molecule has 0 aliphatic rings. The molecular formula is C48H56FN7O5. The molecule has 3 unspecified atom stereocenters. The molecule has 0 bridgehead atoms. The van der Waals surface area contributed by atoms with Gasteiger partial charge in [0.15, 0.2) is 0 Å².